The first kappa shape index (κ1) is 9.93. The predicted octanol–water partition coefficient (Wildman–Crippen LogP) is 2.53. The van der Waals surface area contributed by atoms with E-state index in [4.69, 9.17) is 12.2 Å². The smallest absolute Gasteiger partial charge is 0.106 e. The van der Waals surface area contributed by atoms with Crippen LogP contribution >= 0.6 is 12.2 Å². The molecule has 0 aliphatic rings. The summed E-state index contributed by atoms with van der Waals surface area (Å²) in [7, 11) is 0. The minimum Gasteiger partial charge on any atom is -0.375 e. The summed E-state index contributed by atoms with van der Waals surface area (Å²) in [4.78, 5) is 0.808. The van der Waals surface area contributed by atoms with Gasteiger partial charge in [-0.05, 0) is 6.42 Å². The van der Waals surface area contributed by atoms with E-state index < -0.39 is 0 Å². The average molecular weight is 191 g/mol. The zero-order valence-corrected chi connectivity index (χ0v) is 8.31. The number of rotatable bonds is 4. The molecule has 0 atom stereocenters. The Morgan fingerprint density at radius 2 is 2.08 bits per heavy atom. The van der Waals surface area contributed by atoms with Crippen LogP contribution in [0.1, 0.15) is 12.0 Å². The van der Waals surface area contributed by atoms with Gasteiger partial charge in [-0.3, -0.25) is 0 Å². The summed E-state index contributed by atoms with van der Waals surface area (Å²) in [5, 5.41) is 3.16. The van der Waals surface area contributed by atoms with Gasteiger partial charge >= 0.3 is 0 Å². The zero-order chi connectivity index (χ0) is 9.52. The summed E-state index contributed by atoms with van der Waals surface area (Å²) in [6.07, 6.45) is 2.81. The molecular formula is C11H13NS. The second-order valence-electron chi connectivity index (χ2n) is 2.70. The monoisotopic (exact) mass is 191 g/mol. The van der Waals surface area contributed by atoms with E-state index >= 15 is 0 Å². The van der Waals surface area contributed by atoms with Gasteiger partial charge < -0.3 is 5.32 Å². The quantitative estimate of drug-likeness (QED) is 0.446. The van der Waals surface area contributed by atoms with E-state index in [0.717, 1.165) is 23.5 Å². The van der Waals surface area contributed by atoms with Gasteiger partial charge in [0.2, 0.25) is 0 Å². The van der Waals surface area contributed by atoms with Crippen molar-refractivity contribution in [2.45, 2.75) is 6.42 Å². The predicted molar refractivity (Wildman–Crippen MR) is 61.0 cm³/mol. The summed E-state index contributed by atoms with van der Waals surface area (Å²) in [6, 6.07) is 9.95. The Kier molecular flexibility index (Phi) is 4.19. The molecule has 2 heteroatoms. The molecule has 0 saturated heterocycles. The van der Waals surface area contributed by atoms with Crippen LogP contribution in [-0.4, -0.2) is 11.5 Å². The van der Waals surface area contributed by atoms with Gasteiger partial charge in [0.25, 0.3) is 0 Å². The maximum atomic E-state index is 5.19. The Morgan fingerprint density at radius 1 is 1.38 bits per heavy atom. The van der Waals surface area contributed by atoms with Crippen LogP contribution in [-0.2, 0) is 0 Å². The van der Waals surface area contributed by atoms with Crippen molar-refractivity contribution >= 4 is 17.2 Å². The molecule has 0 aliphatic heterocycles. The maximum absolute atomic E-state index is 5.19. The normalized spacial score (nSPS) is 9.23. The number of benzene rings is 1. The molecule has 0 aliphatic carbocycles. The number of nitrogens with one attached hydrogen (secondary N) is 1. The fourth-order valence-electron chi connectivity index (χ4n) is 0.979. The number of hydrogen-bond donors (Lipinski definition) is 1. The molecule has 1 N–H and O–H groups in total. The molecule has 0 radical (unpaired) electrons. The van der Waals surface area contributed by atoms with Gasteiger partial charge in [-0.15, -0.1) is 6.58 Å². The fourth-order valence-corrected chi connectivity index (χ4v) is 1.22. The van der Waals surface area contributed by atoms with Crippen LogP contribution < -0.4 is 5.32 Å². The summed E-state index contributed by atoms with van der Waals surface area (Å²) < 4.78 is 0. The SMILES string of the molecule is C=CCCNC(=S)c1ccccc1. The summed E-state index contributed by atoms with van der Waals surface area (Å²) in [5.74, 6) is 0. The molecule has 13 heavy (non-hydrogen) atoms. The molecular weight excluding hydrogens is 178 g/mol. The molecule has 1 nitrogen and oxygen atoms in total. The third-order valence-electron chi connectivity index (χ3n) is 1.67. The molecule has 0 heterocycles. The van der Waals surface area contributed by atoms with E-state index in [2.05, 4.69) is 11.9 Å². The lowest BCUT2D eigenvalue weighted by Crippen LogP contribution is -2.22. The van der Waals surface area contributed by atoms with Gasteiger partial charge in [-0.25, -0.2) is 0 Å². The third-order valence-corrected chi connectivity index (χ3v) is 2.05. The Hall–Kier alpha value is -1.15. The lowest BCUT2D eigenvalue weighted by molar-refractivity contribution is 0.901. The van der Waals surface area contributed by atoms with Crippen molar-refractivity contribution in [1.29, 1.82) is 0 Å². The average Bonchev–Trinajstić information content (AvgIpc) is 2.19. The van der Waals surface area contributed by atoms with Crippen molar-refractivity contribution in [1.82, 2.24) is 5.32 Å². The lowest BCUT2D eigenvalue weighted by atomic mass is 10.2. The summed E-state index contributed by atoms with van der Waals surface area (Å²) >= 11 is 5.19. The Labute approximate surface area is 84.5 Å². The minimum absolute atomic E-state index is 0.808. The minimum atomic E-state index is 0.808. The lowest BCUT2D eigenvalue weighted by Gasteiger charge is -2.05. The highest BCUT2D eigenvalue weighted by molar-refractivity contribution is 7.80. The van der Waals surface area contributed by atoms with E-state index in [1.807, 2.05) is 36.4 Å². The van der Waals surface area contributed by atoms with Crippen molar-refractivity contribution in [3.8, 4) is 0 Å². The fraction of sp³-hybridized carbons (Fsp3) is 0.182. The zero-order valence-electron chi connectivity index (χ0n) is 7.49. The molecule has 0 saturated carbocycles. The molecule has 1 rings (SSSR count). The molecule has 0 spiro atoms. The standard InChI is InChI=1S/C11H13NS/c1-2-3-9-12-11(13)10-7-5-4-6-8-10/h2,4-8H,1,3,9H2,(H,12,13). The number of thiocarbonyl (C=S) groups is 1. The van der Waals surface area contributed by atoms with Crippen molar-refractivity contribution < 1.29 is 0 Å². The molecule has 0 unspecified atom stereocenters. The van der Waals surface area contributed by atoms with E-state index in [1.165, 1.54) is 0 Å². The van der Waals surface area contributed by atoms with Crippen molar-refractivity contribution in [3.05, 3.63) is 48.6 Å². The van der Waals surface area contributed by atoms with E-state index in [-0.39, 0.29) is 0 Å². The molecule has 1 aromatic carbocycles. The van der Waals surface area contributed by atoms with Crippen LogP contribution in [0.4, 0.5) is 0 Å². The van der Waals surface area contributed by atoms with Crippen LogP contribution in [0.2, 0.25) is 0 Å². The van der Waals surface area contributed by atoms with Crippen LogP contribution in [0.15, 0.2) is 43.0 Å². The van der Waals surface area contributed by atoms with Crippen molar-refractivity contribution in [2.24, 2.45) is 0 Å². The Morgan fingerprint density at radius 3 is 2.69 bits per heavy atom. The molecule has 68 valence electrons. The third kappa shape index (κ3) is 3.38. The van der Waals surface area contributed by atoms with Crippen LogP contribution in [0.25, 0.3) is 0 Å². The van der Waals surface area contributed by atoms with E-state index in [1.54, 1.807) is 0 Å². The van der Waals surface area contributed by atoms with Crippen LogP contribution in [0, 0.1) is 0 Å². The molecule has 0 fully saturated rings. The second kappa shape index (κ2) is 5.49. The van der Waals surface area contributed by atoms with E-state index in [9.17, 15) is 0 Å². The first-order valence-electron chi connectivity index (χ1n) is 4.28. The first-order valence-corrected chi connectivity index (χ1v) is 4.69. The maximum Gasteiger partial charge on any atom is 0.106 e. The van der Waals surface area contributed by atoms with Gasteiger partial charge in [-0.1, -0.05) is 48.6 Å². The van der Waals surface area contributed by atoms with Crippen molar-refractivity contribution in [2.75, 3.05) is 6.54 Å². The Bertz CT molecular complexity index is 279. The molecule has 0 amide bonds. The van der Waals surface area contributed by atoms with Crippen LogP contribution in [0.5, 0.6) is 0 Å². The van der Waals surface area contributed by atoms with Crippen molar-refractivity contribution in [3.63, 3.8) is 0 Å². The van der Waals surface area contributed by atoms with Gasteiger partial charge in [-0.2, -0.15) is 0 Å². The molecule has 0 bridgehead atoms. The first-order chi connectivity index (χ1) is 6.34. The summed E-state index contributed by atoms with van der Waals surface area (Å²) in [5.41, 5.74) is 1.07. The van der Waals surface area contributed by atoms with Crippen LogP contribution in [0.3, 0.4) is 0 Å². The molecule has 0 aromatic heterocycles. The Balaban J connectivity index is 2.45. The highest BCUT2D eigenvalue weighted by Gasteiger charge is 1.96. The highest BCUT2D eigenvalue weighted by Crippen LogP contribution is 1.98. The van der Waals surface area contributed by atoms with Gasteiger partial charge in [0, 0.05) is 12.1 Å². The summed E-state index contributed by atoms with van der Waals surface area (Å²) in [6.45, 7) is 4.51. The van der Waals surface area contributed by atoms with Gasteiger partial charge in [0.15, 0.2) is 0 Å². The largest absolute Gasteiger partial charge is 0.375 e. The second-order valence-corrected chi connectivity index (χ2v) is 3.11. The highest BCUT2D eigenvalue weighted by atomic mass is 32.1. The van der Waals surface area contributed by atoms with Gasteiger partial charge in [0.1, 0.15) is 4.99 Å². The number of hydrogen-bond acceptors (Lipinski definition) is 1. The molecule has 1 aromatic rings. The van der Waals surface area contributed by atoms with Gasteiger partial charge in [0.05, 0.1) is 0 Å². The topological polar surface area (TPSA) is 12.0 Å². The van der Waals surface area contributed by atoms with E-state index in [0.29, 0.717) is 0 Å².